The summed E-state index contributed by atoms with van der Waals surface area (Å²) in [5, 5.41) is 3.51. The minimum atomic E-state index is -0.148. The highest BCUT2D eigenvalue weighted by Gasteiger charge is 2.09. The largest absolute Gasteiger partial charge is 0.314 e. The molecule has 1 rings (SSSR count). The van der Waals surface area contributed by atoms with Gasteiger partial charge in [0.15, 0.2) is 0 Å². The number of rotatable bonds is 6. The van der Waals surface area contributed by atoms with E-state index in [0.717, 1.165) is 18.5 Å². The van der Waals surface area contributed by atoms with Gasteiger partial charge in [-0.15, -0.1) is 0 Å². The fraction of sp³-hybridized carbons (Fsp3) is 0.600. The van der Waals surface area contributed by atoms with Crippen LogP contribution < -0.4 is 5.32 Å². The molecule has 0 saturated heterocycles. The van der Waals surface area contributed by atoms with Crippen LogP contribution in [-0.4, -0.2) is 12.6 Å². The van der Waals surface area contributed by atoms with Crippen LogP contribution in [0, 0.1) is 17.7 Å². The van der Waals surface area contributed by atoms with Gasteiger partial charge in [-0.2, -0.15) is 0 Å². The minimum Gasteiger partial charge on any atom is -0.314 e. The molecule has 2 atom stereocenters. The van der Waals surface area contributed by atoms with E-state index in [2.05, 4.69) is 33.0 Å². The van der Waals surface area contributed by atoms with Crippen molar-refractivity contribution in [3.63, 3.8) is 0 Å². The van der Waals surface area contributed by atoms with Crippen LogP contribution >= 0.6 is 0 Å². The van der Waals surface area contributed by atoms with E-state index in [9.17, 15) is 4.39 Å². The first kappa shape index (κ1) is 14.2. The quantitative estimate of drug-likeness (QED) is 0.796. The molecule has 1 N–H and O–H groups in total. The lowest BCUT2D eigenvalue weighted by Crippen LogP contribution is -2.33. The van der Waals surface area contributed by atoms with E-state index >= 15 is 0 Å². The van der Waals surface area contributed by atoms with Crippen LogP contribution in [-0.2, 0) is 6.42 Å². The number of nitrogens with one attached hydrogen (secondary N) is 1. The number of hydrogen-bond acceptors (Lipinski definition) is 1. The second kappa shape index (κ2) is 6.75. The van der Waals surface area contributed by atoms with Gasteiger partial charge in [-0.05, 0) is 49.4 Å². The van der Waals surface area contributed by atoms with Crippen molar-refractivity contribution in [3.05, 3.63) is 35.6 Å². The molecule has 0 aliphatic carbocycles. The average Bonchev–Trinajstić information content (AvgIpc) is 2.25. The van der Waals surface area contributed by atoms with Crippen molar-refractivity contribution in [2.24, 2.45) is 11.8 Å². The molecule has 1 aromatic rings. The Balaban J connectivity index is 2.37. The zero-order valence-electron chi connectivity index (χ0n) is 11.3. The third-order valence-corrected chi connectivity index (χ3v) is 3.36. The Labute approximate surface area is 104 Å². The second-order valence-corrected chi connectivity index (χ2v) is 5.36. The van der Waals surface area contributed by atoms with Gasteiger partial charge in [0, 0.05) is 6.04 Å². The van der Waals surface area contributed by atoms with Crippen molar-refractivity contribution in [1.82, 2.24) is 5.32 Å². The number of halogens is 1. The van der Waals surface area contributed by atoms with Crippen molar-refractivity contribution < 1.29 is 4.39 Å². The van der Waals surface area contributed by atoms with Crippen molar-refractivity contribution >= 4 is 0 Å². The standard InChI is InChI=1S/C15H24FN/c1-11(2)12(3)10-17-13(4)8-14-6-5-7-15(16)9-14/h5-7,9,11-13,17H,8,10H2,1-4H3. The van der Waals surface area contributed by atoms with Gasteiger partial charge in [0.1, 0.15) is 5.82 Å². The van der Waals surface area contributed by atoms with E-state index < -0.39 is 0 Å². The van der Waals surface area contributed by atoms with Crippen LogP contribution in [0.2, 0.25) is 0 Å². The molecule has 0 radical (unpaired) electrons. The van der Waals surface area contributed by atoms with E-state index in [1.165, 1.54) is 6.07 Å². The van der Waals surface area contributed by atoms with E-state index in [4.69, 9.17) is 0 Å². The Hall–Kier alpha value is -0.890. The summed E-state index contributed by atoms with van der Waals surface area (Å²) in [6, 6.07) is 7.24. The summed E-state index contributed by atoms with van der Waals surface area (Å²) in [5.74, 6) is 1.22. The summed E-state index contributed by atoms with van der Waals surface area (Å²) >= 11 is 0. The van der Waals surface area contributed by atoms with Gasteiger partial charge in [-0.25, -0.2) is 4.39 Å². The highest BCUT2D eigenvalue weighted by atomic mass is 19.1. The Morgan fingerprint density at radius 3 is 2.47 bits per heavy atom. The molecule has 0 saturated carbocycles. The van der Waals surface area contributed by atoms with Gasteiger partial charge in [-0.3, -0.25) is 0 Å². The van der Waals surface area contributed by atoms with Gasteiger partial charge in [0.2, 0.25) is 0 Å². The van der Waals surface area contributed by atoms with Crippen molar-refractivity contribution in [3.8, 4) is 0 Å². The van der Waals surface area contributed by atoms with Gasteiger partial charge < -0.3 is 5.32 Å². The van der Waals surface area contributed by atoms with E-state index in [1.807, 2.05) is 6.07 Å². The van der Waals surface area contributed by atoms with Crippen LogP contribution in [0.3, 0.4) is 0 Å². The average molecular weight is 237 g/mol. The molecular weight excluding hydrogens is 213 g/mol. The van der Waals surface area contributed by atoms with Crippen LogP contribution in [0.4, 0.5) is 4.39 Å². The molecule has 1 aromatic carbocycles. The van der Waals surface area contributed by atoms with E-state index in [0.29, 0.717) is 17.9 Å². The predicted octanol–water partition coefficient (Wildman–Crippen LogP) is 3.64. The summed E-state index contributed by atoms with van der Waals surface area (Å²) < 4.78 is 13.0. The monoisotopic (exact) mass is 237 g/mol. The second-order valence-electron chi connectivity index (χ2n) is 5.36. The maximum atomic E-state index is 13.0. The van der Waals surface area contributed by atoms with Crippen LogP contribution in [0.1, 0.15) is 33.3 Å². The summed E-state index contributed by atoms with van der Waals surface area (Å²) in [6.07, 6.45) is 0.878. The lowest BCUT2D eigenvalue weighted by Gasteiger charge is -2.20. The smallest absolute Gasteiger partial charge is 0.123 e. The molecule has 0 aliphatic heterocycles. The van der Waals surface area contributed by atoms with E-state index in [-0.39, 0.29) is 5.82 Å². The summed E-state index contributed by atoms with van der Waals surface area (Å²) in [7, 11) is 0. The minimum absolute atomic E-state index is 0.148. The molecule has 0 amide bonds. The van der Waals surface area contributed by atoms with E-state index in [1.54, 1.807) is 12.1 Å². The molecule has 0 heterocycles. The first-order chi connectivity index (χ1) is 7.99. The summed E-state index contributed by atoms with van der Waals surface area (Å²) in [4.78, 5) is 0. The molecule has 0 spiro atoms. The molecule has 0 bridgehead atoms. The number of hydrogen-bond donors (Lipinski definition) is 1. The lowest BCUT2D eigenvalue weighted by molar-refractivity contribution is 0.372. The first-order valence-corrected chi connectivity index (χ1v) is 6.47. The van der Waals surface area contributed by atoms with Gasteiger partial charge in [-0.1, -0.05) is 32.9 Å². The topological polar surface area (TPSA) is 12.0 Å². The van der Waals surface area contributed by atoms with Gasteiger partial charge in [0.05, 0.1) is 0 Å². The predicted molar refractivity (Wildman–Crippen MR) is 71.6 cm³/mol. The highest BCUT2D eigenvalue weighted by Crippen LogP contribution is 2.10. The molecule has 0 fully saturated rings. The normalized spacial score (nSPS) is 14.9. The van der Waals surface area contributed by atoms with Crippen molar-refractivity contribution in [2.75, 3.05) is 6.54 Å². The Bertz CT molecular complexity index is 335. The van der Waals surface area contributed by atoms with Crippen LogP contribution in [0.15, 0.2) is 24.3 Å². The molecule has 2 heteroatoms. The maximum Gasteiger partial charge on any atom is 0.123 e. The number of benzene rings is 1. The van der Waals surface area contributed by atoms with Crippen LogP contribution in [0.5, 0.6) is 0 Å². The van der Waals surface area contributed by atoms with Crippen molar-refractivity contribution in [1.29, 1.82) is 0 Å². The SMILES string of the molecule is CC(Cc1cccc(F)c1)NCC(C)C(C)C. The van der Waals surface area contributed by atoms with Gasteiger partial charge in [0.25, 0.3) is 0 Å². The van der Waals surface area contributed by atoms with Crippen LogP contribution in [0.25, 0.3) is 0 Å². The molecule has 0 aliphatic rings. The fourth-order valence-corrected chi connectivity index (χ4v) is 1.71. The summed E-state index contributed by atoms with van der Waals surface area (Å²) in [6.45, 7) is 9.91. The third kappa shape index (κ3) is 5.31. The molecule has 1 nitrogen and oxygen atoms in total. The Morgan fingerprint density at radius 2 is 1.88 bits per heavy atom. The molecule has 96 valence electrons. The maximum absolute atomic E-state index is 13.0. The molecule has 0 aromatic heterocycles. The third-order valence-electron chi connectivity index (χ3n) is 3.36. The van der Waals surface area contributed by atoms with Crippen molar-refractivity contribution in [2.45, 2.75) is 40.2 Å². The highest BCUT2D eigenvalue weighted by molar-refractivity contribution is 5.17. The Morgan fingerprint density at radius 1 is 1.18 bits per heavy atom. The first-order valence-electron chi connectivity index (χ1n) is 6.47. The zero-order valence-corrected chi connectivity index (χ0v) is 11.3. The lowest BCUT2D eigenvalue weighted by atomic mass is 9.97. The van der Waals surface area contributed by atoms with Gasteiger partial charge >= 0.3 is 0 Å². The zero-order chi connectivity index (χ0) is 12.8. The molecule has 17 heavy (non-hydrogen) atoms. The fourth-order valence-electron chi connectivity index (χ4n) is 1.71. The summed E-state index contributed by atoms with van der Waals surface area (Å²) in [5.41, 5.74) is 1.06. The Kier molecular flexibility index (Phi) is 5.63. The molecular formula is C15H24FN. The molecule has 2 unspecified atom stereocenters.